The summed E-state index contributed by atoms with van der Waals surface area (Å²) in [5.41, 5.74) is 0.820. The van der Waals surface area contributed by atoms with Crippen LogP contribution in [0.4, 0.5) is 16.2 Å². The van der Waals surface area contributed by atoms with Gasteiger partial charge in [0.2, 0.25) is 0 Å². The molecule has 0 heterocycles. The number of aromatic hydroxyl groups is 2. The molecule has 2 aromatic rings. The molecule has 0 radical (unpaired) electrons. The first-order chi connectivity index (χ1) is 9.06. The number of rotatable bonds is 2. The fourth-order valence-corrected chi connectivity index (χ4v) is 1.85. The third kappa shape index (κ3) is 3.38. The molecular formula is C13H11BrN2O3. The Labute approximate surface area is 118 Å². The van der Waals surface area contributed by atoms with E-state index in [9.17, 15) is 9.90 Å². The second kappa shape index (κ2) is 5.62. The van der Waals surface area contributed by atoms with Crippen molar-refractivity contribution in [1.82, 2.24) is 0 Å². The number of hydrogen-bond acceptors (Lipinski definition) is 3. The number of benzene rings is 2. The molecule has 0 spiro atoms. The van der Waals surface area contributed by atoms with E-state index >= 15 is 0 Å². The first kappa shape index (κ1) is 13.2. The summed E-state index contributed by atoms with van der Waals surface area (Å²) >= 11 is 3.31. The highest BCUT2D eigenvalue weighted by molar-refractivity contribution is 9.10. The van der Waals surface area contributed by atoms with Gasteiger partial charge in [0.1, 0.15) is 11.5 Å². The van der Waals surface area contributed by atoms with E-state index in [1.807, 2.05) is 6.07 Å². The average molecular weight is 323 g/mol. The van der Waals surface area contributed by atoms with Gasteiger partial charge >= 0.3 is 6.03 Å². The summed E-state index contributed by atoms with van der Waals surface area (Å²) in [5, 5.41) is 23.8. The SMILES string of the molecule is O=C(Nc1ccc(O)cc1O)Nc1ccccc1Br. The second-order valence-electron chi connectivity index (χ2n) is 3.76. The zero-order valence-electron chi connectivity index (χ0n) is 9.72. The molecule has 5 nitrogen and oxygen atoms in total. The third-order valence-corrected chi connectivity index (χ3v) is 3.04. The van der Waals surface area contributed by atoms with Gasteiger partial charge in [-0.15, -0.1) is 0 Å². The summed E-state index contributed by atoms with van der Waals surface area (Å²) < 4.78 is 0.750. The minimum atomic E-state index is -0.493. The van der Waals surface area contributed by atoms with Crippen LogP contribution in [0.5, 0.6) is 11.5 Å². The Kier molecular flexibility index (Phi) is 3.91. The zero-order chi connectivity index (χ0) is 13.8. The van der Waals surface area contributed by atoms with Crippen molar-refractivity contribution in [3.05, 3.63) is 46.9 Å². The van der Waals surface area contributed by atoms with Crippen LogP contribution in [0.15, 0.2) is 46.9 Å². The molecule has 0 aliphatic rings. The molecule has 2 aromatic carbocycles. The van der Waals surface area contributed by atoms with Crippen LogP contribution in [-0.2, 0) is 0 Å². The monoisotopic (exact) mass is 322 g/mol. The number of phenolic OH excluding ortho intramolecular Hbond substituents is 2. The Morgan fingerprint density at radius 3 is 2.37 bits per heavy atom. The second-order valence-corrected chi connectivity index (χ2v) is 4.61. The van der Waals surface area contributed by atoms with Crippen molar-refractivity contribution in [2.24, 2.45) is 0 Å². The Hall–Kier alpha value is -2.21. The summed E-state index contributed by atoms with van der Waals surface area (Å²) in [5.74, 6) is -0.281. The molecule has 0 fully saturated rings. The predicted molar refractivity (Wildman–Crippen MR) is 76.6 cm³/mol. The van der Waals surface area contributed by atoms with Gasteiger partial charge in [0.15, 0.2) is 0 Å². The molecule has 0 unspecified atom stereocenters. The molecule has 98 valence electrons. The lowest BCUT2D eigenvalue weighted by Gasteiger charge is -2.10. The van der Waals surface area contributed by atoms with Gasteiger partial charge in [-0.25, -0.2) is 4.79 Å². The number of halogens is 1. The average Bonchev–Trinajstić information content (AvgIpc) is 2.36. The van der Waals surface area contributed by atoms with Crippen molar-refractivity contribution < 1.29 is 15.0 Å². The number of phenols is 2. The fourth-order valence-electron chi connectivity index (χ4n) is 1.46. The van der Waals surface area contributed by atoms with E-state index in [0.717, 1.165) is 10.5 Å². The molecule has 0 atom stereocenters. The van der Waals surface area contributed by atoms with E-state index in [-0.39, 0.29) is 17.2 Å². The standard InChI is InChI=1S/C13H11BrN2O3/c14-9-3-1-2-4-10(9)15-13(19)16-11-6-5-8(17)7-12(11)18/h1-7,17-18H,(H2,15,16,19). The molecule has 0 aromatic heterocycles. The van der Waals surface area contributed by atoms with Gasteiger partial charge in [0.05, 0.1) is 11.4 Å². The number of hydrogen-bond donors (Lipinski definition) is 4. The van der Waals surface area contributed by atoms with E-state index in [1.54, 1.807) is 18.2 Å². The summed E-state index contributed by atoms with van der Waals surface area (Å²) in [7, 11) is 0. The highest BCUT2D eigenvalue weighted by Crippen LogP contribution is 2.27. The maximum atomic E-state index is 11.8. The summed E-state index contributed by atoms with van der Waals surface area (Å²) in [4.78, 5) is 11.8. The van der Waals surface area contributed by atoms with Crippen LogP contribution in [0.2, 0.25) is 0 Å². The normalized spacial score (nSPS) is 9.95. The Bertz CT molecular complexity index is 617. The Balaban J connectivity index is 2.08. The van der Waals surface area contributed by atoms with Crippen LogP contribution in [0.3, 0.4) is 0 Å². The molecule has 4 N–H and O–H groups in total. The van der Waals surface area contributed by atoms with Gasteiger partial charge in [-0.3, -0.25) is 0 Å². The lowest BCUT2D eigenvalue weighted by atomic mass is 10.3. The van der Waals surface area contributed by atoms with Crippen molar-refractivity contribution >= 4 is 33.3 Å². The largest absolute Gasteiger partial charge is 0.508 e. The highest BCUT2D eigenvalue weighted by atomic mass is 79.9. The molecule has 0 saturated carbocycles. The molecular weight excluding hydrogens is 312 g/mol. The molecule has 19 heavy (non-hydrogen) atoms. The number of para-hydroxylation sites is 1. The quantitative estimate of drug-likeness (QED) is 0.504. The highest BCUT2D eigenvalue weighted by Gasteiger charge is 2.08. The predicted octanol–water partition coefficient (Wildman–Crippen LogP) is 3.50. The minimum absolute atomic E-state index is 0.0748. The van der Waals surface area contributed by atoms with Gasteiger partial charge in [0.25, 0.3) is 0 Å². The zero-order valence-corrected chi connectivity index (χ0v) is 11.3. The lowest BCUT2D eigenvalue weighted by molar-refractivity contribution is 0.262. The smallest absolute Gasteiger partial charge is 0.323 e. The van der Waals surface area contributed by atoms with Crippen LogP contribution in [0.1, 0.15) is 0 Å². The van der Waals surface area contributed by atoms with Crippen molar-refractivity contribution in [3.63, 3.8) is 0 Å². The maximum Gasteiger partial charge on any atom is 0.323 e. The van der Waals surface area contributed by atoms with Crippen molar-refractivity contribution in [2.75, 3.05) is 10.6 Å². The Morgan fingerprint density at radius 1 is 1.00 bits per heavy atom. The van der Waals surface area contributed by atoms with Gasteiger partial charge in [-0.2, -0.15) is 0 Å². The first-order valence-electron chi connectivity index (χ1n) is 5.41. The number of carbonyl (C=O) groups excluding carboxylic acids is 1. The summed E-state index contributed by atoms with van der Waals surface area (Å²) in [6.07, 6.45) is 0. The Morgan fingerprint density at radius 2 is 1.68 bits per heavy atom. The van der Waals surface area contributed by atoms with E-state index in [2.05, 4.69) is 26.6 Å². The maximum absolute atomic E-state index is 11.8. The summed E-state index contributed by atoms with van der Waals surface area (Å²) in [6, 6.07) is 10.6. The summed E-state index contributed by atoms with van der Waals surface area (Å²) in [6.45, 7) is 0. The molecule has 2 amide bonds. The van der Waals surface area contributed by atoms with Crippen molar-refractivity contribution in [2.45, 2.75) is 0 Å². The van der Waals surface area contributed by atoms with Crippen LogP contribution in [0.25, 0.3) is 0 Å². The number of nitrogens with one attached hydrogen (secondary N) is 2. The van der Waals surface area contributed by atoms with Crippen LogP contribution < -0.4 is 10.6 Å². The number of anilines is 2. The van der Waals surface area contributed by atoms with Gasteiger partial charge in [0, 0.05) is 10.5 Å². The van der Waals surface area contributed by atoms with Crippen molar-refractivity contribution in [3.8, 4) is 11.5 Å². The number of carbonyl (C=O) groups is 1. The fraction of sp³-hybridized carbons (Fsp3) is 0. The molecule has 2 rings (SSSR count). The van der Waals surface area contributed by atoms with Crippen LogP contribution in [0, 0.1) is 0 Å². The topological polar surface area (TPSA) is 81.6 Å². The van der Waals surface area contributed by atoms with Gasteiger partial charge in [-0.05, 0) is 40.2 Å². The molecule has 0 bridgehead atoms. The molecule has 0 saturated heterocycles. The van der Waals surface area contributed by atoms with Crippen LogP contribution >= 0.6 is 15.9 Å². The van der Waals surface area contributed by atoms with E-state index in [4.69, 9.17) is 5.11 Å². The number of amides is 2. The lowest BCUT2D eigenvalue weighted by Crippen LogP contribution is -2.19. The first-order valence-corrected chi connectivity index (χ1v) is 6.20. The van der Waals surface area contributed by atoms with E-state index in [1.165, 1.54) is 12.1 Å². The minimum Gasteiger partial charge on any atom is -0.508 e. The molecule has 0 aliphatic carbocycles. The van der Waals surface area contributed by atoms with Gasteiger partial charge in [-0.1, -0.05) is 12.1 Å². The molecule has 6 heteroatoms. The third-order valence-electron chi connectivity index (χ3n) is 2.35. The van der Waals surface area contributed by atoms with E-state index < -0.39 is 6.03 Å². The van der Waals surface area contributed by atoms with Crippen LogP contribution in [-0.4, -0.2) is 16.2 Å². The molecule has 0 aliphatic heterocycles. The number of urea groups is 1. The van der Waals surface area contributed by atoms with Gasteiger partial charge < -0.3 is 20.8 Å². The van der Waals surface area contributed by atoms with Crippen molar-refractivity contribution in [1.29, 1.82) is 0 Å². The van der Waals surface area contributed by atoms with E-state index in [0.29, 0.717) is 5.69 Å².